The summed E-state index contributed by atoms with van der Waals surface area (Å²) in [5.41, 5.74) is 7.36. The Hall–Kier alpha value is -4.45. The Morgan fingerprint density at radius 2 is 1.53 bits per heavy atom. The zero-order valence-electron chi connectivity index (χ0n) is 30.9. The number of aryl methyl sites for hydroxylation is 1. The van der Waals surface area contributed by atoms with E-state index in [0.29, 0.717) is 75.6 Å². The first-order valence-corrected chi connectivity index (χ1v) is 19.8. The summed E-state index contributed by atoms with van der Waals surface area (Å²) >= 11 is 0. The van der Waals surface area contributed by atoms with Crippen LogP contribution < -0.4 is 21.1 Å². The van der Waals surface area contributed by atoms with Gasteiger partial charge in [0.15, 0.2) is 0 Å². The van der Waals surface area contributed by atoms with Crippen LogP contribution in [0.4, 0.5) is 0 Å². The van der Waals surface area contributed by atoms with Gasteiger partial charge in [-0.25, -0.2) is 0 Å². The fraction of sp³-hybridized carbons (Fsp3) is 0.585. The number of amides is 5. The third-order valence-corrected chi connectivity index (χ3v) is 11.5. The molecule has 4 heterocycles. The lowest BCUT2D eigenvalue weighted by molar-refractivity contribution is -0.142. The van der Waals surface area contributed by atoms with Gasteiger partial charge in [-0.3, -0.25) is 24.0 Å². The van der Waals surface area contributed by atoms with E-state index in [1.165, 1.54) is 5.56 Å². The number of hydrogen-bond donors (Lipinski definition) is 3. The molecular formula is C41H56N6O6. The van der Waals surface area contributed by atoms with Crippen LogP contribution in [-0.4, -0.2) is 108 Å². The molecule has 2 aromatic rings. The third-order valence-electron chi connectivity index (χ3n) is 11.5. The number of carbonyl (C=O) groups excluding carboxylic acids is 5. The predicted octanol–water partition coefficient (Wildman–Crippen LogP) is 3.42. The first kappa shape index (κ1) is 38.3. The van der Waals surface area contributed by atoms with E-state index in [9.17, 15) is 24.0 Å². The van der Waals surface area contributed by atoms with E-state index in [1.54, 1.807) is 34.1 Å². The van der Waals surface area contributed by atoms with Crippen molar-refractivity contribution in [1.82, 2.24) is 25.3 Å². The molecule has 4 aliphatic rings. The molecule has 286 valence electrons. The van der Waals surface area contributed by atoms with Gasteiger partial charge in [0.1, 0.15) is 30.5 Å². The van der Waals surface area contributed by atoms with E-state index in [2.05, 4.69) is 34.9 Å². The van der Waals surface area contributed by atoms with E-state index in [1.807, 2.05) is 11.0 Å². The lowest BCUT2D eigenvalue weighted by Gasteiger charge is -2.35. The highest BCUT2D eigenvalue weighted by Crippen LogP contribution is 2.27. The summed E-state index contributed by atoms with van der Waals surface area (Å²) in [5, 5.41) is 6.00. The molecular weight excluding hydrogens is 672 g/mol. The molecule has 4 N–H and O–H groups in total. The molecule has 4 aliphatic heterocycles. The third kappa shape index (κ3) is 9.76. The summed E-state index contributed by atoms with van der Waals surface area (Å²) < 4.78 is 6.26. The molecule has 0 bridgehead atoms. The minimum atomic E-state index is -0.927. The first-order chi connectivity index (χ1) is 25.8. The highest BCUT2D eigenvalue weighted by atomic mass is 16.5. The predicted molar refractivity (Wildman–Crippen MR) is 201 cm³/mol. The molecule has 0 aromatic heterocycles. The van der Waals surface area contributed by atoms with E-state index in [4.69, 9.17) is 10.5 Å². The quantitative estimate of drug-likeness (QED) is 0.352. The lowest BCUT2D eigenvalue weighted by Crippen LogP contribution is -2.55. The summed E-state index contributed by atoms with van der Waals surface area (Å²) in [7, 11) is 0. The van der Waals surface area contributed by atoms with Gasteiger partial charge < -0.3 is 35.8 Å². The SMILES string of the molecule is NCCCC[C@@H]1NC(=O)[C@H]2CCCN2C(=O)CC[C@@H](C(=O)N2CCC(CCc3ccccc3)CC2)NC(=O)c2ccccc2OC[C@H]2CCCN2C1=O. The summed E-state index contributed by atoms with van der Waals surface area (Å²) in [5.74, 6) is -0.524. The molecule has 6 rings (SSSR count). The topological polar surface area (TPSA) is 154 Å². The van der Waals surface area contributed by atoms with Crippen molar-refractivity contribution < 1.29 is 28.7 Å². The van der Waals surface area contributed by atoms with Gasteiger partial charge in [0.05, 0.1) is 11.6 Å². The van der Waals surface area contributed by atoms with Crippen molar-refractivity contribution in [2.24, 2.45) is 11.7 Å². The monoisotopic (exact) mass is 728 g/mol. The van der Waals surface area contributed by atoms with Gasteiger partial charge in [0.2, 0.25) is 23.6 Å². The number of unbranched alkanes of at least 4 members (excludes halogenated alkanes) is 1. The Balaban J connectivity index is 1.21. The Morgan fingerprint density at radius 3 is 2.32 bits per heavy atom. The Morgan fingerprint density at radius 1 is 0.792 bits per heavy atom. The average Bonchev–Trinajstić information content (AvgIpc) is 3.88. The van der Waals surface area contributed by atoms with E-state index in [-0.39, 0.29) is 49.1 Å². The van der Waals surface area contributed by atoms with Crippen molar-refractivity contribution in [3.63, 3.8) is 0 Å². The number of nitrogens with two attached hydrogens (primary N) is 1. The van der Waals surface area contributed by atoms with Gasteiger partial charge in [-0.1, -0.05) is 42.5 Å². The number of piperidine rings is 1. The average molecular weight is 729 g/mol. The number of nitrogens with one attached hydrogen (secondary N) is 2. The van der Waals surface area contributed by atoms with Crippen LogP contribution in [0.1, 0.15) is 93.0 Å². The summed E-state index contributed by atoms with van der Waals surface area (Å²) in [6.07, 6.45) is 8.45. The number of ether oxygens (including phenoxy) is 1. The Bertz CT molecular complexity index is 1580. The molecule has 0 unspecified atom stereocenters. The number of fused-ring (bicyclic) bond motifs is 3. The zero-order chi connectivity index (χ0) is 37.2. The summed E-state index contributed by atoms with van der Waals surface area (Å²) in [6, 6.07) is 14.8. The van der Waals surface area contributed by atoms with Gasteiger partial charge >= 0.3 is 0 Å². The number of carbonyl (C=O) groups is 5. The van der Waals surface area contributed by atoms with Crippen molar-refractivity contribution >= 4 is 29.5 Å². The van der Waals surface area contributed by atoms with Crippen LogP contribution in [-0.2, 0) is 25.6 Å². The number of benzene rings is 2. The van der Waals surface area contributed by atoms with Crippen molar-refractivity contribution in [2.75, 3.05) is 39.3 Å². The Labute approximate surface area is 313 Å². The van der Waals surface area contributed by atoms with E-state index >= 15 is 0 Å². The second-order valence-corrected chi connectivity index (χ2v) is 15.1. The first-order valence-electron chi connectivity index (χ1n) is 19.8. The molecule has 0 saturated carbocycles. The number of para-hydroxylation sites is 1. The minimum absolute atomic E-state index is 0.0134. The number of likely N-dealkylation sites (tertiary alicyclic amines) is 1. The number of rotatable bonds is 8. The van der Waals surface area contributed by atoms with Crippen LogP contribution in [0, 0.1) is 5.92 Å². The summed E-state index contributed by atoms with van der Waals surface area (Å²) in [6.45, 7) is 2.82. The van der Waals surface area contributed by atoms with E-state index in [0.717, 1.165) is 44.9 Å². The molecule has 53 heavy (non-hydrogen) atoms. The molecule has 3 saturated heterocycles. The fourth-order valence-electron chi connectivity index (χ4n) is 8.40. The van der Waals surface area contributed by atoms with Crippen LogP contribution in [0.15, 0.2) is 54.6 Å². The maximum atomic E-state index is 14.2. The van der Waals surface area contributed by atoms with Gasteiger partial charge in [0, 0.05) is 32.6 Å². The number of nitrogens with zero attached hydrogens (tertiary/aromatic N) is 3. The second kappa shape index (κ2) is 18.5. The molecule has 0 radical (unpaired) electrons. The largest absolute Gasteiger partial charge is 0.491 e. The molecule has 0 aliphatic carbocycles. The zero-order valence-corrected chi connectivity index (χ0v) is 30.9. The maximum absolute atomic E-state index is 14.2. The van der Waals surface area contributed by atoms with Gasteiger partial charge in [-0.15, -0.1) is 0 Å². The van der Waals surface area contributed by atoms with Crippen LogP contribution in [0.5, 0.6) is 5.75 Å². The smallest absolute Gasteiger partial charge is 0.255 e. The molecule has 2 aromatic carbocycles. The van der Waals surface area contributed by atoms with E-state index < -0.39 is 24.0 Å². The fourth-order valence-corrected chi connectivity index (χ4v) is 8.40. The molecule has 0 spiro atoms. The molecule has 12 heteroatoms. The molecule has 4 atom stereocenters. The van der Waals surface area contributed by atoms with Crippen LogP contribution >= 0.6 is 0 Å². The lowest BCUT2D eigenvalue weighted by atomic mass is 9.90. The molecule has 3 fully saturated rings. The number of hydrogen-bond acceptors (Lipinski definition) is 7. The molecule has 5 amide bonds. The van der Waals surface area contributed by atoms with Gasteiger partial charge in [0.25, 0.3) is 5.91 Å². The van der Waals surface area contributed by atoms with Crippen molar-refractivity contribution in [3.05, 3.63) is 65.7 Å². The Kier molecular flexibility index (Phi) is 13.4. The minimum Gasteiger partial charge on any atom is -0.491 e. The normalized spacial score (nSPS) is 25.0. The molecule has 12 nitrogen and oxygen atoms in total. The van der Waals surface area contributed by atoms with Crippen LogP contribution in [0.3, 0.4) is 0 Å². The van der Waals surface area contributed by atoms with Crippen molar-refractivity contribution in [1.29, 1.82) is 0 Å². The standard InChI is InChI=1S/C41H56N6O6/c42-23-7-6-14-33-41(52)46-24-8-12-31(46)28-53-36-16-5-4-13-32(36)38(49)43-34(19-20-37(48)47-25-9-15-35(47)39(50)44-33)40(51)45-26-21-30(22-27-45)18-17-29-10-2-1-3-11-29/h1-5,10-11,13,16,30-31,33-35H,6-9,12,14-15,17-28,42H2,(H,43,49)(H,44,50)/t31-,33+,34+,35-/m1/s1. The highest BCUT2D eigenvalue weighted by molar-refractivity contribution is 6.00. The van der Waals surface area contributed by atoms with Gasteiger partial charge in [-0.2, -0.15) is 0 Å². The summed E-state index contributed by atoms with van der Waals surface area (Å²) in [4.78, 5) is 74.9. The maximum Gasteiger partial charge on any atom is 0.255 e. The van der Waals surface area contributed by atoms with Crippen LogP contribution in [0.2, 0.25) is 0 Å². The second-order valence-electron chi connectivity index (χ2n) is 15.1. The van der Waals surface area contributed by atoms with Crippen molar-refractivity contribution in [2.45, 2.75) is 108 Å². The van der Waals surface area contributed by atoms with Gasteiger partial charge in [-0.05, 0) is 107 Å². The highest BCUT2D eigenvalue weighted by Gasteiger charge is 2.39. The van der Waals surface area contributed by atoms with Crippen molar-refractivity contribution in [3.8, 4) is 5.75 Å². The van der Waals surface area contributed by atoms with Crippen LogP contribution in [0.25, 0.3) is 0 Å².